The van der Waals surface area contributed by atoms with Crippen molar-refractivity contribution in [3.8, 4) is 0 Å². The van der Waals surface area contributed by atoms with E-state index in [9.17, 15) is 22.0 Å². The van der Waals surface area contributed by atoms with E-state index in [2.05, 4.69) is 14.9 Å². The maximum atomic E-state index is 14.6. The van der Waals surface area contributed by atoms with E-state index in [0.717, 1.165) is 42.6 Å². The average molecular weight is 475 g/mol. The molecule has 34 heavy (non-hydrogen) atoms. The topological polar surface area (TPSA) is 60.0 Å². The maximum absolute atomic E-state index is 14.6. The zero-order valence-electron chi connectivity index (χ0n) is 18.1. The molecule has 0 atom stereocenters. The molecule has 0 aliphatic carbocycles. The Morgan fingerprint density at radius 3 is 2.09 bits per heavy atom. The van der Waals surface area contributed by atoms with Crippen LogP contribution in [0.2, 0.25) is 0 Å². The second-order valence-electron chi connectivity index (χ2n) is 8.60. The highest BCUT2D eigenvalue weighted by Crippen LogP contribution is 2.45. The Morgan fingerprint density at radius 1 is 0.824 bits per heavy atom. The molecule has 2 aromatic carbocycles. The normalized spacial score (nSPS) is 15.6. The summed E-state index contributed by atoms with van der Waals surface area (Å²) in [6, 6.07) is 13.8. The second-order valence-corrected chi connectivity index (χ2v) is 8.60. The molecule has 0 radical (unpaired) electrons. The minimum absolute atomic E-state index is 0.100. The summed E-state index contributed by atoms with van der Waals surface area (Å²) in [6.45, 7) is 2.61. The number of rotatable bonds is 5. The third-order valence-corrected chi connectivity index (χ3v) is 6.22. The lowest BCUT2D eigenvalue weighted by Gasteiger charge is -2.21. The Morgan fingerprint density at radius 2 is 1.44 bits per heavy atom. The Hall–Kier alpha value is -3.27. The van der Waals surface area contributed by atoms with E-state index in [1.165, 1.54) is 0 Å². The van der Waals surface area contributed by atoms with Crippen LogP contribution < -0.4 is 5.73 Å². The van der Waals surface area contributed by atoms with Gasteiger partial charge < -0.3 is 10.3 Å². The van der Waals surface area contributed by atoms with Crippen LogP contribution in [0.1, 0.15) is 29.8 Å². The van der Waals surface area contributed by atoms with Crippen molar-refractivity contribution >= 4 is 27.8 Å². The molecule has 1 fully saturated rings. The van der Waals surface area contributed by atoms with Crippen LogP contribution in [0.15, 0.2) is 48.5 Å². The highest BCUT2D eigenvalue weighted by atomic mass is 19.4. The molecule has 0 amide bonds. The van der Waals surface area contributed by atoms with Crippen LogP contribution in [0, 0.1) is 0 Å². The molecule has 3 heterocycles. The van der Waals surface area contributed by atoms with Crippen LogP contribution in [0.5, 0.6) is 0 Å². The summed E-state index contributed by atoms with van der Waals surface area (Å²) in [5, 5.41) is 0.397. The summed E-state index contributed by atoms with van der Waals surface area (Å²) in [4.78, 5) is 10.1. The number of likely N-dealkylation sites (tertiary alicyclic amines) is 1. The molecular weight excluding hydrogens is 453 g/mol. The molecule has 2 aromatic heterocycles. The lowest BCUT2D eigenvalue weighted by atomic mass is 10.1. The zero-order chi connectivity index (χ0) is 24.1. The van der Waals surface area contributed by atoms with E-state index in [4.69, 9.17) is 5.73 Å². The number of hydrogen-bond donors (Lipinski definition) is 1. The fraction of sp³-hybridized carbons (Fsp3) is 0.333. The smallest absolute Gasteiger partial charge is 0.382 e. The van der Waals surface area contributed by atoms with Crippen molar-refractivity contribution in [2.45, 2.75) is 38.0 Å². The highest BCUT2D eigenvalue weighted by Gasteiger charge is 2.62. The molecule has 1 saturated heterocycles. The SMILES string of the molecule is Nc1nc2ccccc2c2c1nc(C(F)(F)C(F)(F)F)n2Cc1ccc(CN2CCCC2)cc1. The molecular formula is C24H22F5N5. The van der Waals surface area contributed by atoms with Crippen LogP contribution in [-0.2, 0) is 19.0 Å². The number of benzene rings is 2. The molecule has 0 unspecified atom stereocenters. The Labute approximate surface area is 192 Å². The predicted molar refractivity (Wildman–Crippen MR) is 119 cm³/mol. The van der Waals surface area contributed by atoms with Crippen molar-refractivity contribution < 1.29 is 22.0 Å². The summed E-state index contributed by atoms with van der Waals surface area (Å²) < 4.78 is 70.3. The number of para-hydroxylation sites is 1. The number of hydrogen-bond acceptors (Lipinski definition) is 4. The van der Waals surface area contributed by atoms with E-state index in [0.29, 0.717) is 16.5 Å². The molecule has 2 N–H and O–H groups in total. The highest BCUT2D eigenvalue weighted by molar-refractivity contribution is 6.06. The molecule has 4 aromatic rings. The number of pyridine rings is 1. The van der Waals surface area contributed by atoms with Gasteiger partial charge in [0.25, 0.3) is 0 Å². The van der Waals surface area contributed by atoms with Gasteiger partial charge in [0.05, 0.1) is 11.0 Å². The van der Waals surface area contributed by atoms with Crippen LogP contribution in [0.25, 0.3) is 21.9 Å². The Kier molecular flexibility index (Phi) is 5.43. The van der Waals surface area contributed by atoms with Crippen LogP contribution in [0.4, 0.5) is 27.8 Å². The minimum Gasteiger partial charge on any atom is -0.382 e. The first-order valence-corrected chi connectivity index (χ1v) is 10.9. The van der Waals surface area contributed by atoms with Crippen LogP contribution in [0.3, 0.4) is 0 Å². The van der Waals surface area contributed by atoms with Crippen molar-refractivity contribution in [3.63, 3.8) is 0 Å². The number of nitrogens with two attached hydrogens (primary N) is 1. The van der Waals surface area contributed by atoms with Crippen molar-refractivity contribution in [2.75, 3.05) is 18.8 Å². The Balaban J connectivity index is 1.63. The molecule has 10 heteroatoms. The number of imidazole rings is 1. The van der Waals surface area contributed by atoms with Crippen molar-refractivity contribution in [2.24, 2.45) is 0 Å². The van der Waals surface area contributed by atoms with E-state index < -0.39 is 17.9 Å². The first-order chi connectivity index (χ1) is 16.1. The third kappa shape index (κ3) is 3.85. The van der Waals surface area contributed by atoms with Crippen LogP contribution >= 0.6 is 0 Å². The standard InChI is InChI=1S/C24H22F5N5/c25-23(26,24(27,28)29)22-32-19-20(17-5-1-2-6-18(17)31-21(19)30)34(22)14-16-9-7-15(8-10-16)13-33-11-3-4-12-33/h1-2,5-10H,3-4,11-14H2,(H2,30,31). The minimum atomic E-state index is -5.82. The summed E-state index contributed by atoms with van der Waals surface area (Å²) in [6.07, 6.45) is -3.49. The fourth-order valence-corrected chi connectivity index (χ4v) is 4.51. The van der Waals surface area contributed by atoms with E-state index >= 15 is 0 Å². The number of alkyl halides is 5. The second kappa shape index (κ2) is 8.19. The van der Waals surface area contributed by atoms with Crippen molar-refractivity contribution in [1.82, 2.24) is 19.4 Å². The predicted octanol–water partition coefficient (Wildman–Crippen LogP) is 5.46. The lowest BCUT2D eigenvalue weighted by molar-refractivity contribution is -0.293. The van der Waals surface area contributed by atoms with Gasteiger partial charge in [-0.15, -0.1) is 0 Å². The van der Waals surface area contributed by atoms with Gasteiger partial charge in [0.2, 0.25) is 0 Å². The number of nitrogen functional groups attached to an aromatic ring is 1. The number of nitrogens with zero attached hydrogens (tertiary/aromatic N) is 4. The van der Waals surface area contributed by atoms with Crippen molar-refractivity contribution in [3.05, 3.63) is 65.5 Å². The van der Waals surface area contributed by atoms with Crippen molar-refractivity contribution in [1.29, 1.82) is 0 Å². The molecule has 5 rings (SSSR count). The fourth-order valence-electron chi connectivity index (χ4n) is 4.51. The van der Waals surface area contributed by atoms with Gasteiger partial charge >= 0.3 is 12.1 Å². The van der Waals surface area contributed by atoms with Gasteiger partial charge in [-0.3, -0.25) is 4.90 Å². The quantitative estimate of drug-likeness (QED) is 0.389. The van der Waals surface area contributed by atoms with Gasteiger partial charge in [-0.25, -0.2) is 9.97 Å². The van der Waals surface area contributed by atoms with Gasteiger partial charge in [0.1, 0.15) is 5.52 Å². The monoisotopic (exact) mass is 475 g/mol. The van der Waals surface area contributed by atoms with Gasteiger partial charge in [0.15, 0.2) is 11.6 Å². The summed E-state index contributed by atoms with van der Waals surface area (Å²) in [5.41, 5.74) is 7.87. The van der Waals surface area contributed by atoms with E-state index in [-0.39, 0.29) is 23.4 Å². The molecule has 0 spiro atoms. The average Bonchev–Trinajstić information content (AvgIpc) is 3.43. The first kappa shape index (κ1) is 22.5. The largest absolute Gasteiger partial charge is 0.461 e. The summed E-state index contributed by atoms with van der Waals surface area (Å²) >= 11 is 0. The summed E-state index contributed by atoms with van der Waals surface area (Å²) in [7, 11) is 0. The molecule has 5 nitrogen and oxygen atoms in total. The number of aromatic nitrogens is 3. The molecule has 0 bridgehead atoms. The molecule has 1 aliphatic rings. The van der Waals surface area contributed by atoms with Gasteiger partial charge in [-0.2, -0.15) is 22.0 Å². The summed E-state index contributed by atoms with van der Waals surface area (Å²) in [5.74, 6) is -6.77. The van der Waals surface area contributed by atoms with Gasteiger partial charge in [-0.05, 0) is 43.1 Å². The Bertz CT molecular complexity index is 1340. The molecule has 1 aliphatic heterocycles. The number of anilines is 1. The van der Waals surface area contributed by atoms with E-state index in [1.807, 2.05) is 12.1 Å². The molecule has 178 valence electrons. The van der Waals surface area contributed by atoms with E-state index in [1.54, 1.807) is 36.4 Å². The van der Waals surface area contributed by atoms with Crippen LogP contribution in [-0.4, -0.2) is 38.7 Å². The number of fused-ring (bicyclic) bond motifs is 3. The first-order valence-electron chi connectivity index (χ1n) is 10.9. The molecule has 0 saturated carbocycles. The third-order valence-electron chi connectivity index (χ3n) is 6.22. The van der Waals surface area contributed by atoms with Gasteiger partial charge in [0, 0.05) is 18.5 Å². The van der Waals surface area contributed by atoms with Gasteiger partial charge in [-0.1, -0.05) is 42.5 Å². The maximum Gasteiger partial charge on any atom is 0.461 e. The number of halogens is 5. The zero-order valence-corrected chi connectivity index (χ0v) is 18.1. The lowest BCUT2D eigenvalue weighted by Crippen LogP contribution is -2.36.